The van der Waals surface area contributed by atoms with Crippen LogP contribution in [-0.2, 0) is 19.6 Å². The molecule has 0 bridgehead atoms. The third kappa shape index (κ3) is 4.06. The van der Waals surface area contributed by atoms with Gasteiger partial charge in [0.25, 0.3) is 10.0 Å². The number of benzene rings is 1. The van der Waals surface area contributed by atoms with Gasteiger partial charge in [0.2, 0.25) is 5.91 Å². The van der Waals surface area contributed by atoms with Crippen LogP contribution in [0, 0.1) is 11.7 Å². The topological polar surface area (TPSA) is 88.1 Å². The van der Waals surface area contributed by atoms with Crippen LogP contribution in [0.5, 0.6) is 0 Å². The number of hydrogen-bond donors (Lipinski definition) is 1. The van der Waals surface area contributed by atoms with E-state index in [1.807, 2.05) is 4.90 Å². The molecule has 0 aliphatic carbocycles. The summed E-state index contributed by atoms with van der Waals surface area (Å²) in [4.78, 5) is 14.3. The molecule has 1 N–H and O–H groups in total. The van der Waals surface area contributed by atoms with Crippen molar-refractivity contribution in [3.63, 3.8) is 0 Å². The van der Waals surface area contributed by atoms with Crippen LogP contribution < -0.4 is 5.32 Å². The zero-order valence-electron chi connectivity index (χ0n) is 16.2. The van der Waals surface area contributed by atoms with E-state index < -0.39 is 15.8 Å². The Labute approximate surface area is 169 Å². The molecule has 0 radical (unpaired) electrons. The Hall–Kier alpha value is -2.26. The second-order valence-corrected chi connectivity index (χ2v) is 9.22. The second-order valence-electron chi connectivity index (χ2n) is 7.68. The van der Waals surface area contributed by atoms with Crippen LogP contribution in [0.4, 0.5) is 4.39 Å². The lowest BCUT2D eigenvalue weighted by Crippen LogP contribution is -2.48. The van der Waals surface area contributed by atoms with Gasteiger partial charge in [-0.25, -0.2) is 4.39 Å². The van der Waals surface area contributed by atoms with Crippen LogP contribution in [0.3, 0.4) is 0 Å². The first-order chi connectivity index (χ1) is 13.8. The van der Waals surface area contributed by atoms with Crippen LogP contribution in [0.15, 0.2) is 34.2 Å². The molecule has 1 atom stereocenters. The van der Waals surface area contributed by atoms with E-state index in [4.69, 9.17) is 4.74 Å². The molecule has 7 nitrogen and oxygen atoms in total. The van der Waals surface area contributed by atoms with E-state index in [0.717, 1.165) is 19.3 Å². The minimum Gasteiger partial charge on any atom is -0.381 e. The summed E-state index contributed by atoms with van der Waals surface area (Å²) in [6.45, 7) is 4.06. The van der Waals surface area contributed by atoms with Crippen molar-refractivity contribution in [2.75, 3.05) is 26.3 Å². The summed E-state index contributed by atoms with van der Waals surface area (Å²) < 4.78 is 47.7. The van der Waals surface area contributed by atoms with Crippen molar-refractivity contribution in [1.29, 1.82) is 0 Å². The number of ether oxygens (including phenoxy) is 1. The van der Waals surface area contributed by atoms with Gasteiger partial charge in [-0.05, 0) is 43.9 Å². The van der Waals surface area contributed by atoms with Gasteiger partial charge in [0.05, 0.1) is 12.5 Å². The molecule has 2 fully saturated rings. The smallest absolute Gasteiger partial charge is 0.285 e. The number of carbonyl (C=O) groups excluding carboxylic acids is 1. The van der Waals surface area contributed by atoms with Crippen molar-refractivity contribution in [2.45, 2.75) is 32.2 Å². The number of halogens is 1. The van der Waals surface area contributed by atoms with Gasteiger partial charge in [0.15, 0.2) is 0 Å². The predicted octanol–water partition coefficient (Wildman–Crippen LogP) is 1.92. The summed E-state index contributed by atoms with van der Waals surface area (Å²) in [5.41, 5.74) is 1.01. The molecule has 156 valence electrons. The number of piperidine rings is 1. The number of rotatable bonds is 3. The fraction of sp³-hybridized carbons (Fsp3) is 0.500. The summed E-state index contributed by atoms with van der Waals surface area (Å²) in [5, 5.41) is 3.09. The van der Waals surface area contributed by atoms with Gasteiger partial charge in [-0.2, -0.15) is 8.42 Å². The maximum absolute atomic E-state index is 13.2. The average Bonchev–Trinajstić information content (AvgIpc) is 3.30. The van der Waals surface area contributed by atoms with Crippen molar-refractivity contribution in [1.82, 2.24) is 10.2 Å². The van der Waals surface area contributed by atoms with Crippen molar-refractivity contribution < 1.29 is 22.3 Å². The molecule has 4 rings (SSSR count). The number of nitrogens with zero attached hydrogens (tertiary/aromatic N) is 2. The van der Waals surface area contributed by atoms with E-state index in [1.165, 1.54) is 24.3 Å². The van der Waals surface area contributed by atoms with Crippen LogP contribution >= 0.6 is 0 Å². The molecule has 3 aliphatic rings. The number of sulfonamides is 1. The van der Waals surface area contributed by atoms with Gasteiger partial charge in [0, 0.05) is 31.3 Å². The van der Waals surface area contributed by atoms with E-state index in [0.29, 0.717) is 43.3 Å². The standard InChI is InChI=1S/C20H24FN3O4S/c1-13-18(14-2-4-16(21)5-3-14)29(26,27)23-19(13)24-9-6-17(7-10-24)22-20(25)15-8-11-28-12-15/h2-5,15,17H,6-12H2,1H3,(H,22,25)/t15-/m1/s1. The fourth-order valence-electron chi connectivity index (χ4n) is 4.08. The van der Waals surface area contributed by atoms with Gasteiger partial charge in [-0.3, -0.25) is 4.79 Å². The molecule has 29 heavy (non-hydrogen) atoms. The molecule has 2 saturated heterocycles. The third-order valence-corrected chi connectivity index (χ3v) is 7.16. The monoisotopic (exact) mass is 421 g/mol. The van der Waals surface area contributed by atoms with Crippen molar-refractivity contribution >= 4 is 26.7 Å². The highest BCUT2D eigenvalue weighted by molar-refractivity contribution is 8.00. The maximum atomic E-state index is 13.2. The van der Waals surface area contributed by atoms with E-state index in [-0.39, 0.29) is 22.8 Å². The van der Waals surface area contributed by atoms with E-state index in [2.05, 4.69) is 9.71 Å². The first kappa shape index (κ1) is 20.0. The number of nitrogens with one attached hydrogen (secondary N) is 1. The summed E-state index contributed by atoms with van der Waals surface area (Å²) >= 11 is 0. The van der Waals surface area contributed by atoms with E-state index >= 15 is 0 Å². The highest BCUT2D eigenvalue weighted by Crippen LogP contribution is 2.34. The lowest BCUT2D eigenvalue weighted by atomic mass is 10.0. The number of amides is 1. The van der Waals surface area contributed by atoms with Gasteiger partial charge in [-0.1, -0.05) is 12.1 Å². The van der Waals surface area contributed by atoms with Gasteiger partial charge in [-0.15, -0.1) is 4.40 Å². The second kappa shape index (κ2) is 7.87. The molecule has 1 amide bonds. The molecule has 3 heterocycles. The first-order valence-electron chi connectivity index (χ1n) is 9.80. The molecule has 1 aromatic rings. The molecular formula is C20H24FN3O4S. The Kier molecular flexibility index (Phi) is 5.44. The Morgan fingerprint density at radius 1 is 1.21 bits per heavy atom. The summed E-state index contributed by atoms with van der Waals surface area (Å²) in [6, 6.07) is 5.47. The van der Waals surface area contributed by atoms with E-state index in [9.17, 15) is 17.6 Å². The highest BCUT2D eigenvalue weighted by Gasteiger charge is 2.35. The number of carbonyl (C=O) groups is 1. The SMILES string of the molecule is CC1=C(c2ccc(F)cc2)S(=O)(=O)N=C1N1CCC(NC(=O)[C@@H]2CCOC2)CC1. The van der Waals surface area contributed by atoms with Gasteiger partial charge in [0.1, 0.15) is 16.6 Å². The average molecular weight is 421 g/mol. The van der Waals surface area contributed by atoms with Crippen molar-refractivity contribution in [3.05, 3.63) is 41.2 Å². The quantitative estimate of drug-likeness (QED) is 0.806. The Balaban J connectivity index is 1.44. The minimum atomic E-state index is -3.82. The predicted molar refractivity (Wildman–Crippen MR) is 107 cm³/mol. The van der Waals surface area contributed by atoms with Crippen LogP contribution in [-0.4, -0.2) is 57.4 Å². The molecule has 0 unspecified atom stereocenters. The Morgan fingerprint density at radius 3 is 2.52 bits per heavy atom. The lowest BCUT2D eigenvalue weighted by Gasteiger charge is -2.34. The van der Waals surface area contributed by atoms with Crippen LogP contribution in [0.1, 0.15) is 31.7 Å². The number of likely N-dealkylation sites (tertiary alicyclic amines) is 1. The molecule has 9 heteroatoms. The fourth-order valence-corrected chi connectivity index (χ4v) is 5.56. The normalized spacial score (nSPS) is 24.7. The molecule has 0 spiro atoms. The lowest BCUT2D eigenvalue weighted by molar-refractivity contribution is -0.125. The molecule has 3 aliphatic heterocycles. The third-order valence-electron chi connectivity index (χ3n) is 5.69. The van der Waals surface area contributed by atoms with Crippen molar-refractivity contribution in [3.8, 4) is 0 Å². The van der Waals surface area contributed by atoms with E-state index in [1.54, 1.807) is 6.92 Å². The van der Waals surface area contributed by atoms with Gasteiger partial charge < -0.3 is 15.0 Å². The van der Waals surface area contributed by atoms with Crippen LogP contribution in [0.25, 0.3) is 4.91 Å². The number of amidine groups is 1. The Bertz CT molecular complexity index is 958. The summed E-state index contributed by atoms with van der Waals surface area (Å²) in [7, 11) is -3.82. The summed E-state index contributed by atoms with van der Waals surface area (Å²) in [5.74, 6) is -0.00708. The molecular weight excluding hydrogens is 397 g/mol. The summed E-state index contributed by atoms with van der Waals surface area (Å²) in [6.07, 6.45) is 2.20. The highest BCUT2D eigenvalue weighted by atomic mass is 32.2. The zero-order chi connectivity index (χ0) is 20.6. The molecule has 0 aromatic heterocycles. The van der Waals surface area contributed by atoms with Crippen molar-refractivity contribution in [2.24, 2.45) is 10.3 Å². The van der Waals surface area contributed by atoms with Gasteiger partial charge >= 0.3 is 0 Å². The van der Waals surface area contributed by atoms with Crippen LogP contribution in [0.2, 0.25) is 0 Å². The minimum absolute atomic E-state index is 0.0383. The first-order valence-corrected chi connectivity index (χ1v) is 11.2. The number of hydrogen-bond acceptors (Lipinski definition) is 5. The maximum Gasteiger partial charge on any atom is 0.285 e. The zero-order valence-corrected chi connectivity index (χ0v) is 17.0. The molecule has 1 aromatic carbocycles. The largest absolute Gasteiger partial charge is 0.381 e. The molecule has 0 saturated carbocycles. The Morgan fingerprint density at radius 2 is 1.90 bits per heavy atom.